The van der Waals surface area contributed by atoms with Crippen LogP contribution < -0.4 is 11.1 Å². The van der Waals surface area contributed by atoms with E-state index in [1.54, 1.807) is 6.92 Å². The molecule has 1 amide bonds. The first kappa shape index (κ1) is 13.3. The Kier molecular flexibility index (Phi) is 3.83. The Labute approximate surface area is 92.6 Å². The number of hydrogen-bond acceptors (Lipinski definition) is 2. The largest absolute Gasteiger partial charge is 0.391 e. The average Bonchev–Trinajstić information content (AvgIpc) is 2.17. The van der Waals surface area contributed by atoms with Crippen LogP contribution in [0.3, 0.4) is 0 Å². The average molecular weight is 238 g/mol. The Balaban J connectivity index is 2.83. The van der Waals surface area contributed by atoms with Crippen LogP contribution in [0.5, 0.6) is 0 Å². The molecule has 3 nitrogen and oxygen atoms in total. The molecule has 6 heteroatoms. The topological polar surface area (TPSA) is 55.1 Å². The SMILES string of the molecule is CCNC1(C(N)=O)CCCC(C(F)(F)F)C1. The van der Waals surface area contributed by atoms with Crippen LogP contribution in [0.4, 0.5) is 13.2 Å². The maximum atomic E-state index is 12.6. The van der Waals surface area contributed by atoms with Gasteiger partial charge in [-0.2, -0.15) is 13.2 Å². The Morgan fingerprint density at radius 1 is 1.56 bits per heavy atom. The van der Waals surface area contributed by atoms with Crippen LogP contribution >= 0.6 is 0 Å². The van der Waals surface area contributed by atoms with E-state index in [9.17, 15) is 18.0 Å². The van der Waals surface area contributed by atoms with Crippen LogP contribution in [-0.4, -0.2) is 24.2 Å². The van der Waals surface area contributed by atoms with Crippen molar-refractivity contribution in [3.05, 3.63) is 0 Å². The van der Waals surface area contributed by atoms with Gasteiger partial charge < -0.3 is 11.1 Å². The first-order valence-corrected chi connectivity index (χ1v) is 5.43. The third-order valence-electron chi connectivity index (χ3n) is 3.20. The van der Waals surface area contributed by atoms with Crippen molar-refractivity contribution in [2.45, 2.75) is 44.3 Å². The van der Waals surface area contributed by atoms with Gasteiger partial charge >= 0.3 is 6.18 Å². The number of rotatable bonds is 3. The zero-order valence-corrected chi connectivity index (χ0v) is 9.23. The number of hydrogen-bond donors (Lipinski definition) is 2. The predicted molar refractivity (Wildman–Crippen MR) is 53.6 cm³/mol. The molecule has 0 aromatic rings. The van der Waals surface area contributed by atoms with Crippen molar-refractivity contribution >= 4 is 5.91 Å². The van der Waals surface area contributed by atoms with Crippen molar-refractivity contribution in [2.24, 2.45) is 11.7 Å². The number of alkyl halides is 3. The molecule has 2 unspecified atom stereocenters. The second-order valence-corrected chi connectivity index (χ2v) is 4.31. The fraction of sp³-hybridized carbons (Fsp3) is 0.900. The molecule has 3 N–H and O–H groups in total. The quantitative estimate of drug-likeness (QED) is 0.784. The molecule has 0 aliphatic heterocycles. The zero-order valence-electron chi connectivity index (χ0n) is 9.23. The number of nitrogens with one attached hydrogen (secondary N) is 1. The zero-order chi connectivity index (χ0) is 12.4. The number of halogens is 3. The van der Waals surface area contributed by atoms with Crippen LogP contribution in [0, 0.1) is 5.92 Å². The minimum Gasteiger partial charge on any atom is -0.368 e. The summed E-state index contributed by atoms with van der Waals surface area (Å²) < 4.78 is 37.8. The van der Waals surface area contributed by atoms with Crippen molar-refractivity contribution in [1.29, 1.82) is 0 Å². The molecule has 16 heavy (non-hydrogen) atoms. The number of carbonyl (C=O) groups excluding carboxylic acids is 1. The summed E-state index contributed by atoms with van der Waals surface area (Å²) in [5.41, 5.74) is 4.05. The van der Waals surface area contributed by atoms with Gasteiger partial charge in [-0.25, -0.2) is 0 Å². The number of amides is 1. The van der Waals surface area contributed by atoms with Crippen LogP contribution in [0.15, 0.2) is 0 Å². The highest BCUT2D eigenvalue weighted by Gasteiger charge is 2.49. The lowest BCUT2D eigenvalue weighted by Gasteiger charge is -2.39. The standard InChI is InChI=1S/C10H17F3N2O/c1-2-15-9(8(14)16)5-3-4-7(6-9)10(11,12)13/h7,15H,2-6H2,1H3,(H2,14,16). The van der Waals surface area contributed by atoms with Crippen molar-refractivity contribution < 1.29 is 18.0 Å². The summed E-state index contributed by atoms with van der Waals surface area (Å²) in [5, 5.41) is 2.82. The summed E-state index contributed by atoms with van der Waals surface area (Å²) >= 11 is 0. The number of likely N-dealkylation sites (N-methyl/N-ethyl adjacent to an activating group) is 1. The molecule has 94 valence electrons. The van der Waals surface area contributed by atoms with Gasteiger partial charge in [0, 0.05) is 0 Å². The van der Waals surface area contributed by atoms with Gasteiger partial charge in [-0.1, -0.05) is 13.3 Å². The monoisotopic (exact) mass is 238 g/mol. The highest BCUT2D eigenvalue weighted by atomic mass is 19.4. The molecular weight excluding hydrogens is 221 g/mol. The van der Waals surface area contributed by atoms with Gasteiger partial charge in [0.1, 0.15) is 0 Å². The van der Waals surface area contributed by atoms with Gasteiger partial charge in [-0.3, -0.25) is 4.79 Å². The first-order chi connectivity index (χ1) is 7.32. The summed E-state index contributed by atoms with van der Waals surface area (Å²) in [6.07, 6.45) is -3.62. The van der Waals surface area contributed by atoms with E-state index in [-0.39, 0.29) is 12.8 Å². The van der Waals surface area contributed by atoms with Crippen molar-refractivity contribution in [1.82, 2.24) is 5.32 Å². The smallest absolute Gasteiger partial charge is 0.368 e. The van der Waals surface area contributed by atoms with Crippen LogP contribution in [-0.2, 0) is 4.79 Å². The van der Waals surface area contributed by atoms with E-state index in [0.717, 1.165) is 0 Å². The molecular formula is C10H17F3N2O. The Morgan fingerprint density at radius 2 is 2.19 bits per heavy atom. The van der Waals surface area contributed by atoms with Gasteiger partial charge in [0.15, 0.2) is 0 Å². The molecule has 0 heterocycles. The lowest BCUT2D eigenvalue weighted by Crippen LogP contribution is -2.59. The van der Waals surface area contributed by atoms with Crippen molar-refractivity contribution in [3.8, 4) is 0 Å². The molecule has 0 aromatic carbocycles. The lowest BCUT2D eigenvalue weighted by atomic mass is 9.75. The molecule has 0 bridgehead atoms. The van der Waals surface area contributed by atoms with Gasteiger partial charge in [0.25, 0.3) is 0 Å². The fourth-order valence-corrected chi connectivity index (χ4v) is 2.36. The maximum absolute atomic E-state index is 12.6. The third-order valence-corrected chi connectivity index (χ3v) is 3.20. The van der Waals surface area contributed by atoms with Crippen LogP contribution in [0.2, 0.25) is 0 Å². The van der Waals surface area contributed by atoms with E-state index < -0.39 is 23.5 Å². The van der Waals surface area contributed by atoms with Gasteiger partial charge in [-0.05, 0) is 25.8 Å². The summed E-state index contributed by atoms with van der Waals surface area (Å²) in [5.74, 6) is -2.10. The highest BCUT2D eigenvalue weighted by molar-refractivity contribution is 5.84. The minimum atomic E-state index is -4.24. The summed E-state index contributed by atoms with van der Waals surface area (Å²) in [7, 11) is 0. The van der Waals surface area contributed by atoms with E-state index in [0.29, 0.717) is 19.4 Å². The molecule has 1 saturated carbocycles. The first-order valence-electron chi connectivity index (χ1n) is 5.43. The predicted octanol–water partition coefficient (Wildman–Crippen LogP) is 1.57. The molecule has 0 saturated heterocycles. The second kappa shape index (κ2) is 4.61. The van der Waals surface area contributed by atoms with E-state index >= 15 is 0 Å². The van der Waals surface area contributed by atoms with Crippen LogP contribution in [0.1, 0.15) is 32.6 Å². The minimum absolute atomic E-state index is 0.0872. The molecule has 0 radical (unpaired) electrons. The van der Waals surface area contributed by atoms with Gasteiger partial charge in [-0.15, -0.1) is 0 Å². The summed E-state index contributed by atoms with van der Waals surface area (Å²) in [4.78, 5) is 11.3. The Hall–Kier alpha value is -0.780. The van der Waals surface area contributed by atoms with E-state index in [1.165, 1.54) is 0 Å². The molecule has 1 aliphatic carbocycles. The number of nitrogens with two attached hydrogens (primary N) is 1. The third kappa shape index (κ3) is 2.66. The lowest BCUT2D eigenvalue weighted by molar-refractivity contribution is -0.188. The van der Waals surface area contributed by atoms with E-state index in [2.05, 4.69) is 5.32 Å². The highest BCUT2D eigenvalue weighted by Crippen LogP contribution is 2.41. The second-order valence-electron chi connectivity index (χ2n) is 4.31. The van der Waals surface area contributed by atoms with Crippen LogP contribution in [0.25, 0.3) is 0 Å². The summed E-state index contributed by atoms with van der Waals surface area (Å²) in [6.45, 7) is 2.19. The van der Waals surface area contributed by atoms with Gasteiger partial charge in [0.05, 0.1) is 11.5 Å². The fourth-order valence-electron chi connectivity index (χ4n) is 2.36. The molecule has 1 rings (SSSR count). The normalized spacial score (nSPS) is 31.4. The number of primary amides is 1. The van der Waals surface area contributed by atoms with Crippen molar-refractivity contribution in [2.75, 3.05) is 6.54 Å². The summed E-state index contributed by atoms with van der Waals surface area (Å²) in [6, 6.07) is 0. The maximum Gasteiger partial charge on any atom is 0.391 e. The number of carbonyl (C=O) groups is 1. The molecule has 1 fully saturated rings. The van der Waals surface area contributed by atoms with Crippen molar-refractivity contribution in [3.63, 3.8) is 0 Å². The molecule has 0 spiro atoms. The molecule has 1 aliphatic rings. The molecule has 2 atom stereocenters. The Bertz CT molecular complexity index is 263. The van der Waals surface area contributed by atoms with Gasteiger partial charge in [0.2, 0.25) is 5.91 Å². The Morgan fingerprint density at radius 3 is 2.62 bits per heavy atom. The molecule has 0 aromatic heterocycles. The van der Waals surface area contributed by atoms with E-state index in [1.807, 2.05) is 0 Å². The van der Waals surface area contributed by atoms with E-state index in [4.69, 9.17) is 5.73 Å².